The zero-order chi connectivity index (χ0) is 13.8. The molecule has 1 aliphatic rings. The highest BCUT2D eigenvalue weighted by Gasteiger charge is 2.25. The minimum Gasteiger partial charge on any atom is -0.397 e. The average molecular weight is 261 g/mol. The number of hydrogen-bond acceptors (Lipinski definition) is 3. The summed E-state index contributed by atoms with van der Waals surface area (Å²) in [7, 11) is 0. The molecule has 104 valence electrons. The molecule has 4 heteroatoms. The van der Waals surface area contributed by atoms with Gasteiger partial charge in [-0.3, -0.25) is 4.79 Å². The molecule has 1 aromatic carbocycles. The predicted molar refractivity (Wildman–Crippen MR) is 79.5 cm³/mol. The van der Waals surface area contributed by atoms with Crippen LogP contribution in [0.15, 0.2) is 18.2 Å². The Morgan fingerprint density at radius 2 is 2.26 bits per heavy atom. The van der Waals surface area contributed by atoms with Gasteiger partial charge < -0.3 is 16.0 Å². The molecule has 1 amide bonds. The van der Waals surface area contributed by atoms with E-state index in [1.165, 1.54) is 12.8 Å². The summed E-state index contributed by atoms with van der Waals surface area (Å²) in [4.78, 5) is 14.2. The van der Waals surface area contributed by atoms with E-state index in [-0.39, 0.29) is 5.91 Å². The summed E-state index contributed by atoms with van der Waals surface area (Å²) in [6, 6.07) is 6.10. The number of nitrogen functional groups attached to an aromatic ring is 1. The first-order valence-corrected chi connectivity index (χ1v) is 7.11. The lowest BCUT2D eigenvalue weighted by Crippen LogP contribution is -2.30. The molecule has 0 saturated carbocycles. The lowest BCUT2D eigenvalue weighted by Gasteiger charge is -2.27. The minimum absolute atomic E-state index is 0.0315. The third-order valence-corrected chi connectivity index (χ3v) is 3.79. The molecule has 4 nitrogen and oxygen atoms in total. The van der Waals surface area contributed by atoms with Crippen LogP contribution in [0.3, 0.4) is 0 Å². The number of nitrogens with zero attached hydrogens (tertiary/aromatic N) is 1. The van der Waals surface area contributed by atoms with Crippen molar-refractivity contribution in [2.75, 3.05) is 23.7 Å². The second-order valence-electron chi connectivity index (χ2n) is 5.03. The highest BCUT2D eigenvalue weighted by Crippen LogP contribution is 2.32. The molecule has 1 saturated heterocycles. The summed E-state index contributed by atoms with van der Waals surface area (Å²) in [6.07, 6.45) is 3.52. The van der Waals surface area contributed by atoms with E-state index in [9.17, 15) is 4.79 Å². The maximum atomic E-state index is 11.9. The van der Waals surface area contributed by atoms with Gasteiger partial charge in [0.15, 0.2) is 0 Å². The number of hydrogen-bond donors (Lipinski definition) is 2. The Balaban J connectivity index is 2.29. The van der Waals surface area contributed by atoms with Gasteiger partial charge in [0.05, 0.1) is 11.4 Å². The van der Waals surface area contributed by atoms with Gasteiger partial charge in [-0.2, -0.15) is 0 Å². The number of nitrogens with two attached hydrogens (primary N) is 1. The highest BCUT2D eigenvalue weighted by atomic mass is 16.1. The number of carbonyl (C=O) groups excluding carboxylic acids is 1. The molecular formula is C15H23N3O. The van der Waals surface area contributed by atoms with Crippen molar-refractivity contribution in [2.45, 2.75) is 39.2 Å². The van der Waals surface area contributed by atoms with E-state index < -0.39 is 0 Å². The van der Waals surface area contributed by atoms with Gasteiger partial charge >= 0.3 is 0 Å². The molecule has 3 N–H and O–H groups in total. The van der Waals surface area contributed by atoms with E-state index in [2.05, 4.69) is 17.1 Å². The van der Waals surface area contributed by atoms with Crippen LogP contribution in [0.4, 0.5) is 11.4 Å². The van der Waals surface area contributed by atoms with E-state index in [0.29, 0.717) is 18.2 Å². The summed E-state index contributed by atoms with van der Waals surface area (Å²) in [6.45, 7) is 5.79. The molecule has 1 atom stereocenters. The topological polar surface area (TPSA) is 58.4 Å². The van der Waals surface area contributed by atoms with Crippen molar-refractivity contribution in [3.63, 3.8) is 0 Å². The second-order valence-corrected chi connectivity index (χ2v) is 5.03. The van der Waals surface area contributed by atoms with Crippen molar-refractivity contribution >= 4 is 17.3 Å². The maximum Gasteiger partial charge on any atom is 0.251 e. The van der Waals surface area contributed by atoms with Crippen molar-refractivity contribution in [3.8, 4) is 0 Å². The summed E-state index contributed by atoms with van der Waals surface area (Å²) < 4.78 is 0. The minimum atomic E-state index is -0.0315. The number of nitrogens with one attached hydrogen (secondary N) is 1. The van der Waals surface area contributed by atoms with Gasteiger partial charge in [-0.25, -0.2) is 0 Å². The Labute approximate surface area is 115 Å². The van der Waals surface area contributed by atoms with Crippen molar-refractivity contribution < 1.29 is 4.79 Å². The Kier molecular flexibility index (Phi) is 4.30. The van der Waals surface area contributed by atoms with Gasteiger partial charge in [0, 0.05) is 24.7 Å². The van der Waals surface area contributed by atoms with E-state index in [4.69, 9.17) is 5.73 Å². The summed E-state index contributed by atoms with van der Waals surface area (Å²) in [5.41, 5.74) is 8.54. The largest absolute Gasteiger partial charge is 0.397 e. The molecule has 0 bridgehead atoms. The van der Waals surface area contributed by atoms with Gasteiger partial charge in [-0.05, 0) is 44.4 Å². The molecule has 2 rings (SSSR count). The fourth-order valence-corrected chi connectivity index (χ4v) is 2.77. The molecule has 0 aliphatic carbocycles. The second kappa shape index (κ2) is 5.95. The molecule has 1 heterocycles. The number of anilines is 2. The summed E-state index contributed by atoms with van der Waals surface area (Å²) in [5.74, 6) is -0.0315. The quantitative estimate of drug-likeness (QED) is 0.818. The van der Waals surface area contributed by atoms with E-state index in [0.717, 1.165) is 24.3 Å². The third kappa shape index (κ3) is 2.83. The SMILES string of the molecule is CCNC(=O)c1ccc(N)c(N2CCCC2CC)c1. The summed E-state index contributed by atoms with van der Waals surface area (Å²) in [5, 5.41) is 2.83. The first kappa shape index (κ1) is 13.7. The Morgan fingerprint density at radius 3 is 2.95 bits per heavy atom. The summed E-state index contributed by atoms with van der Waals surface area (Å²) >= 11 is 0. The molecule has 1 aromatic rings. The fourth-order valence-electron chi connectivity index (χ4n) is 2.77. The third-order valence-electron chi connectivity index (χ3n) is 3.79. The normalized spacial score (nSPS) is 18.6. The number of rotatable bonds is 4. The molecular weight excluding hydrogens is 238 g/mol. The standard InChI is InChI=1S/C15H23N3O/c1-3-12-6-5-9-18(12)14-10-11(7-8-13(14)16)15(19)17-4-2/h7-8,10,12H,3-6,9,16H2,1-2H3,(H,17,19). The van der Waals surface area contributed by atoms with Crippen LogP contribution in [0.25, 0.3) is 0 Å². The number of amides is 1. The molecule has 1 unspecified atom stereocenters. The Bertz CT molecular complexity index is 459. The lowest BCUT2D eigenvalue weighted by molar-refractivity contribution is 0.0956. The predicted octanol–water partition coefficient (Wildman–Crippen LogP) is 2.40. The monoisotopic (exact) mass is 261 g/mol. The molecule has 0 aromatic heterocycles. The van der Waals surface area contributed by atoms with E-state index >= 15 is 0 Å². The van der Waals surface area contributed by atoms with Crippen LogP contribution in [-0.4, -0.2) is 25.0 Å². The fraction of sp³-hybridized carbons (Fsp3) is 0.533. The van der Waals surface area contributed by atoms with Crippen LogP contribution < -0.4 is 16.0 Å². The van der Waals surface area contributed by atoms with E-state index in [1.54, 1.807) is 6.07 Å². The van der Waals surface area contributed by atoms with Gasteiger partial charge in [-0.15, -0.1) is 0 Å². The Hall–Kier alpha value is -1.71. The number of benzene rings is 1. The molecule has 0 spiro atoms. The van der Waals surface area contributed by atoms with Crippen molar-refractivity contribution in [1.82, 2.24) is 5.32 Å². The number of carbonyl (C=O) groups is 1. The Morgan fingerprint density at radius 1 is 1.47 bits per heavy atom. The zero-order valence-corrected chi connectivity index (χ0v) is 11.8. The van der Waals surface area contributed by atoms with E-state index in [1.807, 2.05) is 19.1 Å². The lowest BCUT2D eigenvalue weighted by atomic mass is 10.1. The molecule has 0 radical (unpaired) electrons. The first-order valence-electron chi connectivity index (χ1n) is 7.11. The van der Waals surface area contributed by atoms with Crippen molar-refractivity contribution in [1.29, 1.82) is 0 Å². The maximum absolute atomic E-state index is 11.9. The van der Waals surface area contributed by atoms with Crippen molar-refractivity contribution in [2.24, 2.45) is 0 Å². The molecule has 19 heavy (non-hydrogen) atoms. The highest BCUT2D eigenvalue weighted by molar-refractivity contribution is 5.96. The van der Waals surface area contributed by atoms with Crippen LogP contribution in [-0.2, 0) is 0 Å². The van der Waals surface area contributed by atoms with Crippen LogP contribution in [0, 0.1) is 0 Å². The van der Waals surface area contributed by atoms with Gasteiger partial charge in [0.2, 0.25) is 0 Å². The van der Waals surface area contributed by atoms with Crippen LogP contribution >= 0.6 is 0 Å². The van der Waals surface area contributed by atoms with Crippen LogP contribution in [0.1, 0.15) is 43.5 Å². The molecule has 1 fully saturated rings. The van der Waals surface area contributed by atoms with Crippen LogP contribution in [0.5, 0.6) is 0 Å². The first-order chi connectivity index (χ1) is 9.17. The average Bonchev–Trinajstić information content (AvgIpc) is 2.87. The van der Waals surface area contributed by atoms with Gasteiger partial charge in [0.25, 0.3) is 5.91 Å². The molecule has 1 aliphatic heterocycles. The smallest absolute Gasteiger partial charge is 0.251 e. The van der Waals surface area contributed by atoms with Gasteiger partial charge in [0.1, 0.15) is 0 Å². The zero-order valence-electron chi connectivity index (χ0n) is 11.8. The van der Waals surface area contributed by atoms with Gasteiger partial charge in [-0.1, -0.05) is 6.92 Å². The van der Waals surface area contributed by atoms with Crippen LogP contribution in [0.2, 0.25) is 0 Å². The van der Waals surface area contributed by atoms with Crippen molar-refractivity contribution in [3.05, 3.63) is 23.8 Å².